The smallest absolute Gasteiger partial charge is 0.279 e. The minimum atomic E-state index is 0.0312. The molecule has 1 atom stereocenters. The third-order valence-corrected chi connectivity index (χ3v) is 5.92. The lowest BCUT2D eigenvalue weighted by Gasteiger charge is -2.15. The number of nitrogens with one attached hydrogen (secondary N) is 2. The normalized spacial score (nSPS) is 12.1. The molecule has 0 aliphatic rings. The Morgan fingerprint density at radius 3 is 2.31 bits per heavy atom. The summed E-state index contributed by atoms with van der Waals surface area (Å²) in [6, 6.07) is 10.6. The van der Waals surface area contributed by atoms with Crippen molar-refractivity contribution < 1.29 is 9.69 Å². The van der Waals surface area contributed by atoms with Gasteiger partial charge in [0, 0.05) is 16.6 Å². The molecule has 1 unspecified atom stereocenters. The molecular weight excluding hydrogens is 378 g/mol. The first-order valence-corrected chi connectivity index (χ1v) is 10.8. The second-order valence-electron chi connectivity index (χ2n) is 8.08. The summed E-state index contributed by atoms with van der Waals surface area (Å²) in [6.07, 6.45) is 0. The van der Waals surface area contributed by atoms with Crippen molar-refractivity contribution in [3.8, 4) is 11.3 Å². The third-order valence-electron chi connectivity index (χ3n) is 5.07. The molecule has 0 spiro atoms. The number of anilines is 1. The first-order chi connectivity index (χ1) is 13.7. The fourth-order valence-corrected chi connectivity index (χ4v) is 4.68. The highest BCUT2D eigenvalue weighted by Crippen LogP contribution is 2.25. The van der Waals surface area contributed by atoms with E-state index in [2.05, 4.69) is 61.8 Å². The van der Waals surface area contributed by atoms with Crippen LogP contribution in [0.4, 0.5) is 5.69 Å². The van der Waals surface area contributed by atoms with Crippen molar-refractivity contribution >= 4 is 22.9 Å². The highest BCUT2D eigenvalue weighted by atomic mass is 32.1. The highest BCUT2D eigenvalue weighted by molar-refractivity contribution is 7.09. The Morgan fingerprint density at radius 2 is 1.66 bits per heavy atom. The van der Waals surface area contributed by atoms with Crippen molar-refractivity contribution in [3.63, 3.8) is 0 Å². The van der Waals surface area contributed by atoms with Gasteiger partial charge in [-0.15, -0.1) is 11.3 Å². The van der Waals surface area contributed by atoms with Crippen LogP contribution < -0.4 is 10.2 Å². The summed E-state index contributed by atoms with van der Waals surface area (Å²) in [5.41, 5.74) is 9.05. The van der Waals surface area contributed by atoms with Crippen molar-refractivity contribution in [1.29, 1.82) is 0 Å². The van der Waals surface area contributed by atoms with Gasteiger partial charge < -0.3 is 10.2 Å². The Morgan fingerprint density at radius 1 is 1.00 bits per heavy atom. The lowest BCUT2D eigenvalue weighted by molar-refractivity contribution is -0.885. The van der Waals surface area contributed by atoms with Gasteiger partial charge >= 0.3 is 0 Å². The molecule has 4 nitrogen and oxygen atoms in total. The Kier molecular flexibility index (Phi) is 6.50. The molecule has 29 heavy (non-hydrogen) atoms. The van der Waals surface area contributed by atoms with Crippen molar-refractivity contribution in [2.24, 2.45) is 0 Å². The third kappa shape index (κ3) is 5.31. The zero-order valence-electron chi connectivity index (χ0n) is 18.1. The van der Waals surface area contributed by atoms with Crippen LogP contribution in [0.5, 0.6) is 0 Å². The van der Waals surface area contributed by atoms with E-state index < -0.39 is 0 Å². The average molecular weight is 409 g/mol. The van der Waals surface area contributed by atoms with Gasteiger partial charge in [-0.2, -0.15) is 0 Å². The molecule has 1 aromatic heterocycles. The van der Waals surface area contributed by atoms with E-state index in [0.717, 1.165) is 39.0 Å². The number of hydrogen-bond acceptors (Lipinski definition) is 3. The molecule has 5 heteroatoms. The number of hydrogen-bond donors (Lipinski definition) is 2. The van der Waals surface area contributed by atoms with Gasteiger partial charge in [0.25, 0.3) is 5.91 Å². The van der Waals surface area contributed by atoms with E-state index in [0.29, 0.717) is 6.54 Å². The van der Waals surface area contributed by atoms with Gasteiger partial charge in [0.05, 0.1) is 12.7 Å². The summed E-state index contributed by atoms with van der Waals surface area (Å²) in [6.45, 7) is 11.5. The van der Waals surface area contributed by atoms with E-state index in [-0.39, 0.29) is 5.91 Å². The summed E-state index contributed by atoms with van der Waals surface area (Å²) >= 11 is 1.66. The van der Waals surface area contributed by atoms with Crippen molar-refractivity contribution in [2.45, 2.75) is 41.2 Å². The first kappa shape index (κ1) is 21.2. The number of quaternary nitrogens is 1. The van der Waals surface area contributed by atoms with Crippen LogP contribution in [0.15, 0.2) is 35.7 Å². The molecule has 0 bridgehead atoms. The molecule has 152 valence electrons. The minimum Gasteiger partial charge on any atom is -0.324 e. The number of rotatable bonds is 6. The van der Waals surface area contributed by atoms with E-state index in [9.17, 15) is 4.79 Å². The van der Waals surface area contributed by atoms with E-state index in [4.69, 9.17) is 4.98 Å². The van der Waals surface area contributed by atoms with Gasteiger partial charge in [-0.25, -0.2) is 4.98 Å². The van der Waals surface area contributed by atoms with Gasteiger partial charge in [0.2, 0.25) is 0 Å². The molecule has 1 heterocycles. The standard InChI is InChI=1S/C24H29N3OS/c1-15-7-8-20(17(3)9-15)21-14-29-23(25-21)13-27(6)12-22(28)26-24-18(4)10-16(2)11-19(24)5/h7-11,14H,12-13H2,1-6H3,(H,26,28)/p+1. The number of benzene rings is 2. The zero-order valence-corrected chi connectivity index (χ0v) is 19.0. The van der Waals surface area contributed by atoms with Crippen molar-refractivity contribution in [3.05, 3.63) is 68.5 Å². The zero-order chi connectivity index (χ0) is 21.1. The van der Waals surface area contributed by atoms with Gasteiger partial charge in [-0.1, -0.05) is 41.5 Å². The lowest BCUT2D eigenvalue weighted by Crippen LogP contribution is -3.08. The van der Waals surface area contributed by atoms with Crippen LogP contribution in [0.25, 0.3) is 11.3 Å². The molecule has 2 aromatic carbocycles. The average Bonchev–Trinajstić information content (AvgIpc) is 3.06. The predicted molar refractivity (Wildman–Crippen MR) is 122 cm³/mol. The molecule has 0 saturated heterocycles. The summed E-state index contributed by atoms with van der Waals surface area (Å²) in [7, 11) is 2.03. The molecule has 0 fully saturated rings. The second-order valence-corrected chi connectivity index (χ2v) is 9.02. The van der Waals surface area contributed by atoms with Gasteiger partial charge in [-0.3, -0.25) is 4.79 Å². The first-order valence-electron chi connectivity index (χ1n) is 9.94. The number of thiazole rings is 1. The molecule has 0 radical (unpaired) electrons. The van der Waals surface area contributed by atoms with Gasteiger partial charge in [0.15, 0.2) is 6.54 Å². The van der Waals surface area contributed by atoms with Crippen LogP contribution >= 0.6 is 11.3 Å². The summed E-state index contributed by atoms with van der Waals surface area (Å²) in [5.74, 6) is 0.0312. The monoisotopic (exact) mass is 408 g/mol. The largest absolute Gasteiger partial charge is 0.324 e. The maximum Gasteiger partial charge on any atom is 0.279 e. The molecule has 3 rings (SSSR count). The Labute approximate surface area is 177 Å². The molecule has 3 aromatic rings. The lowest BCUT2D eigenvalue weighted by atomic mass is 10.0. The maximum atomic E-state index is 12.6. The van der Waals surface area contributed by atoms with E-state index in [1.54, 1.807) is 11.3 Å². The Hall–Kier alpha value is -2.50. The van der Waals surface area contributed by atoms with E-state index in [1.165, 1.54) is 22.3 Å². The van der Waals surface area contributed by atoms with Gasteiger partial charge in [-0.05, 0) is 51.3 Å². The number of nitrogens with zero attached hydrogens (tertiary/aromatic N) is 1. The number of aromatic nitrogens is 1. The summed E-state index contributed by atoms with van der Waals surface area (Å²) in [5, 5.41) is 6.25. The predicted octanol–water partition coefficient (Wildman–Crippen LogP) is 4.01. The van der Waals surface area contributed by atoms with E-state index >= 15 is 0 Å². The molecule has 2 N–H and O–H groups in total. The van der Waals surface area contributed by atoms with Crippen LogP contribution in [0.1, 0.15) is 32.8 Å². The number of aryl methyl sites for hydroxylation is 5. The number of amides is 1. The molecule has 0 aliphatic carbocycles. The molecule has 0 aliphatic heterocycles. The minimum absolute atomic E-state index is 0.0312. The van der Waals surface area contributed by atoms with Crippen LogP contribution in [-0.4, -0.2) is 24.5 Å². The van der Waals surface area contributed by atoms with Crippen molar-refractivity contribution in [1.82, 2.24) is 4.98 Å². The number of carbonyl (C=O) groups is 1. The Balaban J connectivity index is 1.62. The summed E-state index contributed by atoms with van der Waals surface area (Å²) < 4.78 is 0. The van der Waals surface area contributed by atoms with Crippen LogP contribution in [0, 0.1) is 34.6 Å². The number of likely N-dealkylation sites (N-methyl/N-ethyl adjacent to an activating group) is 1. The second kappa shape index (κ2) is 8.89. The molecule has 1 amide bonds. The van der Waals surface area contributed by atoms with E-state index in [1.807, 2.05) is 20.9 Å². The van der Waals surface area contributed by atoms with Crippen LogP contribution in [0.3, 0.4) is 0 Å². The Bertz CT molecular complexity index is 1020. The van der Waals surface area contributed by atoms with Crippen LogP contribution in [0.2, 0.25) is 0 Å². The topological polar surface area (TPSA) is 46.4 Å². The molecular formula is C24H30N3OS+. The fourth-order valence-electron chi connectivity index (χ4n) is 3.77. The quantitative estimate of drug-likeness (QED) is 0.647. The van der Waals surface area contributed by atoms with Crippen molar-refractivity contribution in [2.75, 3.05) is 18.9 Å². The van der Waals surface area contributed by atoms with Gasteiger partial charge in [0.1, 0.15) is 11.6 Å². The SMILES string of the molecule is Cc1ccc(-c2csc(C[NH+](C)CC(=O)Nc3c(C)cc(C)cc3C)n2)c(C)c1. The number of carbonyl (C=O) groups excluding carboxylic acids is 1. The molecule has 0 saturated carbocycles. The summed E-state index contributed by atoms with van der Waals surface area (Å²) in [4.78, 5) is 18.5. The van der Waals surface area contributed by atoms with Crippen LogP contribution in [-0.2, 0) is 11.3 Å². The fraction of sp³-hybridized carbons (Fsp3) is 0.333. The maximum absolute atomic E-state index is 12.6. The highest BCUT2D eigenvalue weighted by Gasteiger charge is 2.16.